The Balaban J connectivity index is 1.98. The summed E-state index contributed by atoms with van der Waals surface area (Å²) in [7, 11) is 0. The molecule has 1 fully saturated rings. The van der Waals surface area contributed by atoms with E-state index in [0.717, 1.165) is 22.3 Å². The topological polar surface area (TPSA) is 43.4 Å². The largest absolute Gasteiger partial charge is 0.393 e. The second-order valence-electron chi connectivity index (χ2n) is 6.54. The highest BCUT2D eigenvalue weighted by Gasteiger charge is 2.55. The van der Waals surface area contributed by atoms with Crippen molar-refractivity contribution in [3.05, 3.63) is 70.8 Å². The van der Waals surface area contributed by atoms with Crippen LogP contribution in [0.25, 0.3) is 0 Å². The SMILES string of the molecule is Cc1ccccc1C1c2ccccc2C(C)C2C(=O)OC(=O)C12. The summed E-state index contributed by atoms with van der Waals surface area (Å²) in [4.78, 5) is 24.7. The smallest absolute Gasteiger partial charge is 0.318 e. The van der Waals surface area contributed by atoms with E-state index in [9.17, 15) is 9.59 Å². The lowest BCUT2D eigenvalue weighted by Gasteiger charge is -2.37. The van der Waals surface area contributed by atoms with Gasteiger partial charge in [-0.05, 0) is 35.1 Å². The van der Waals surface area contributed by atoms with Crippen molar-refractivity contribution in [2.75, 3.05) is 0 Å². The summed E-state index contributed by atoms with van der Waals surface area (Å²) in [5, 5.41) is 0. The van der Waals surface area contributed by atoms with Crippen molar-refractivity contribution in [1.82, 2.24) is 0 Å². The van der Waals surface area contributed by atoms with E-state index in [1.807, 2.05) is 44.2 Å². The number of ether oxygens (including phenoxy) is 1. The zero-order valence-electron chi connectivity index (χ0n) is 13.2. The van der Waals surface area contributed by atoms with E-state index in [2.05, 4.69) is 18.2 Å². The van der Waals surface area contributed by atoms with Gasteiger partial charge in [0.2, 0.25) is 0 Å². The molecule has 4 unspecified atom stereocenters. The monoisotopic (exact) mass is 306 g/mol. The number of esters is 2. The normalized spacial score (nSPS) is 29.0. The van der Waals surface area contributed by atoms with Gasteiger partial charge in [-0.3, -0.25) is 9.59 Å². The number of benzene rings is 2. The first-order valence-corrected chi connectivity index (χ1v) is 7.99. The van der Waals surface area contributed by atoms with E-state index in [1.54, 1.807) is 0 Å². The first-order valence-electron chi connectivity index (χ1n) is 7.99. The van der Waals surface area contributed by atoms with Gasteiger partial charge in [0.05, 0.1) is 11.8 Å². The van der Waals surface area contributed by atoms with Crippen molar-refractivity contribution in [2.24, 2.45) is 11.8 Å². The van der Waals surface area contributed by atoms with Crippen molar-refractivity contribution >= 4 is 11.9 Å². The molecule has 0 saturated carbocycles. The Bertz CT molecular complexity index is 808. The van der Waals surface area contributed by atoms with Gasteiger partial charge < -0.3 is 4.74 Å². The molecule has 3 heteroatoms. The third-order valence-electron chi connectivity index (χ3n) is 5.38. The van der Waals surface area contributed by atoms with Gasteiger partial charge in [-0.1, -0.05) is 55.5 Å². The molecule has 0 N–H and O–H groups in total. The van der Waals surface area contributed by atoms with E-state index in [0.29, 0.717) is 0 Å². The predicted molar refractivity (Wildman–Crippen MR) is 86.0 cm³/mol. The number of hydrogen-bond acceptors (Lipinski definition) is 3. The van der Waals surface area contributed by atoms with Crippen molar-refractivity contribution < 1.29 is 14.3 Å². The molecule has 0 bridgehead atoms. The van der Waals surface area contributed by atoms with Crippen molar-refractivity contribution in [1.29, 1.82) is 0 Å². The molecule has 23 heavy (non-hydrogen) atoms. The van der Waals surface area contributed by atoms with Gasteiger partial charge in [0.1, 0.15) is 0 Å². The van der Waals surface area contributed by atoms with Crippen molar-refractivity contribution in [3.63, 3.8) is 0 Å². The average Bonchev–Trinajstić information content (AvgIpc) is 2.84. The molecule has 116 valence electrons. The van der Waals surface area contributed by atoms with Gasteiger partial charge >= 0.3 is 11.9 Å². The van der Waals surface area contributed by atoms with Gasteiger partial charge in [-0.15, -0.1) is 0 Å². The summed E-state index contributed by atoms with van der Waals surface area (Å²) in [5.74, 6) is -1.69. The maximum absolute atomic E-state index is 12.4. The van der Waals surface area contributed by atoms with Gasteiger partial charge in [-0.2, -0.15) is 0 Å². The first kappa shape index (κ1) is 14.2. The van der Waals surface area contributed by atoms with Gasteiger partial charge in [0.25, 0.3) is 0 Å². The van der Waals surface area contributed by atoms with Crippen LogP contribution in [0.5, 0.6) is 0 Å². The van der Waals surface area contributed by atoms with Crippen LogP contribution in [0.4, 0.5) is 0 Å². The minimum Gasteiger partial charge on any atom is -0.393 e. The zero-order chi connectivity index (χ0) is 16.1. The molecule has 1 aliphatic carbocycles. The molecule has 4 rings (SSSR count). The van der Waals surface area contributed by atoms with E-state index >= 15 is 0 Å². The maximum atomic E-state index is 12.4. The molecule has 0 spiro atoms. The first-order chi connectivity index (χ1) is 11.1. The second kappa shape index (κ2) is 5.05. The number of rotatable bonds is 1. The third-order valence-corrected chi connectivity index (χ3v) is 5.38. The number of aryl methyl sites for hydroxylation is 1. The molecule has 1 heterocycles. The Labute approximate surface area is 135 Å². The van der Waals surface area contributed by atoms with Crippen LogP contribution in [0, 0.1) is 18.8 Å². The van der Waals surface area contributed by atoms with Crippen LogP contribution in [0.1, 0.15) is 41.0 Å². The second-order valence-corrected chi connectivity index (χ2v) is 6.54. The van der Waals surface area contributed by atoms with Crippen LogP contribution in [0.3, 0.4) is 0 Å². The fourth-order valence-corrected chi connectivity index (χ4v) is 4.28. The zero-order valence-corrected chi connectivity index (χ0v) is 13.2. The minimum atomic E-state index is -0.423. The number of carbonyl (C=O) groups is 2. The van der Waals surface area contributed by atoms with Crippen LogP contribution in [-0.4, -0.2) is 11.9 Å². The molecule has 2 aliphatic rings. The number of fused-ring (bicyclic) bond motifs is 2. The highest BCUT2D eigenvalue weighted by Crippen LogP contribution is 2.52. The third kappa shape index (κ3) is 1.96. The van der Waals surface area contributed by atoms with Crippen LogP contribution >= 0.6 is 0 Å². The van der Waals surface area contributed by atoms with Crippen molar-refractivity contribution in [3.8, 4) is 0 Å². The van der Waals surface area contributed by atoms with Crippen LogP contribution in [0.15, 0.2) is 48.5 Å². The Morgan fingerprint density at radius 1 is 0.783 bits per heavy atom. The quantitative estimate of drug-likeness (QED) is 0.597. The van der Waals surface area contributed by atoms with E-state index in [-0.39, 0.29) is 29.7 Å². The lowest BCUT2D eigenvalue weighted by molar-refractivity contribution is -0.153. The summed E-state index contributed by atoms with van der Waals surface area (Å²) in [6.07, 6.45) is 0. The highest BCUT2D eigenvalue weighted by atomic mass is 16.6. The molecular weight excluding hydrogens is 288 g/mol. The summed E-state index contributed by atoms with van der Waals surface area (Å²) in [6, 6.07) is 16.2. The number of hydrogen-bond donors (Lipinski definition) is 0. The molecule has 2 aromatic rings. The molecular formula is C20H18O3. The summed E-state index contributed by atoms with van der Waals surface area (Å²) in [6.45, 7) is 4.07. The fourth-order valence-electron chi connectivity index (χ4n) is 4.28. The molecule has 2 aromatic carbocycles. The number of carbonyl (C=O) groups excluding carboxylic acids is 2. The molecule has 3 nitrogen and oxygen atoms in total. The summed E-state index contributed by atoms with van der Waals surface area (Å²) >= 11 is 0. The Morgan fingerprint density at radius 2 is 1.35 bits per heavy atom. The lowest BCUT2D eigenvalue weighted by atomic mass is 9.63. The van der Waals surface area contributed by atoms with Crippen LogP contribution < -0.4 is 0 Å². The van der Waals surface area contributed by atoms with E-state index in [1.165, 1.54) is 0 Å². The summed E-state index contributed by atoms with van der Waals surface area (Å²) in [5.41, 5.74) is 4.53. The standard InChI is InChI=1S/C20H18O3/c1-11-7-3-4-8-13(11)17-15-10-6-5-9-14(15)12(2)16-18(17)20(22)23-19(16)21/h3-10,12,16-18H,1-2H3. The Hall–Kier alpha value is -2.42. The van der Waals surface area contributed by atoms with Crippen molar-refractivity contribution in [2.45, 2.75) is 25.7 Å². The lowest BCUT2D eigenvalue weighted by Crippen LogP contribution is -2.35. The van der Waals surface area contributed by atoms with Crippen LogP contribution in [0.2, 0.25) is 0 Å². The molecule has 4 atom stereocenters. The average molecular weight is 306 g/mol. The molecule has 0 aromatic heterocycles. The molecule has 0 amide bonds. The maximum Gasteiger partial charge on any atom is 0.318 e. The number of cyclic esters (lactones) is 2. The Morgan fingerprint density at radius 3 is 2.04 bits per heavy atom. The van der Waals surface area contributed by atoms with Gasteiger partial charge in [0, 0.05) is 5.92 Å². The van der Waals surface area contributed by atoms with Crippen LogP contribution in [-0.2, 0) is 14.3 Å². The van der Waals surface area contributed by atoms with E-state index in [4.69, 9.17) is 4.74 Å². The molecule has 0 radical (unpaired) electrons. The van der Waals surface area contributed by atoms with Gasteiger partial charge in [-0.25, -0.2) is 0 Å². The molecule has 1 aliphatic heterocycles. The Kier molecular flexibility index (Phi) is 3.12. The molecule has 1 saturated heterocycles. The van der Waals surface area contributed by atoms with E-state index < -0.39 is 5.92 Å². The van der Waals surface area contributed by atoms with Gasteiger partial charge in [0.15, 0.2) is 0 Å². The minimum absolute atomic E-state index is 0.00424. The summed E-state index contributed by atoms with van der Waals surface area (Å²) < 4.78 is 5.02. The predicted octanol–water partition coefficient (Wildman–Crippen LogP) is 3.56. The fraction of sp³-hybridized carbons (Fsp3) is 0.300. The highest BCUT2D eigenvalue weighted by molar-refractivity contribution is 5.98.